The summed E-state index contributed by atoms with van der Waals surface area (Å²) in [6.45, 7) is 3.80. The van der Waals surface area contributed by atoms with E-state index < -0.39 is 11.8 Å². The summed E-state index contributed by atoms with van der Waals surface area (Å²) >= 11 is 5.29. The van der Waals surface area contributed by atoms with Gasteiger partial charge in [-0.2, -0.15) is 0 Å². The van der Waals surface area contributed by atoms with E-state index in [9.17, 15) is 9.59 Å². The highest BCUT2D eigenvalue weighted by molar-refractivity contribution is 7.80. The molecule has 8 heteroatoms. The zero-order valence-electron chi connectivity index (χ0n) is 17.4. The average molecular weight is 426 g/mol. The molecule has 0 spiro atoms. The van der Waals surface area contributed by atoms with Crippen molar-refractivity contribution in [1.29, 1.82) is 0 Å². The number of nitrogens with one attached hydrogen (secondary N) is 1. The van der Waals surface area contributed by atoms with Gasteiger partial charge < -0.3 is 14.2 Å². The van der Waals surface area contributed by atoms with Gasteiger partial charge in [-0.05, 0) is 55.4 Å². The molecule has 0 radical (unpaired) electrons. The highest BCUT2D eigenvalue weighted by atomic mass is 32.1. The van der Waals surface area contributed by atoms with Crippen LogP contribution in [-0.2, 0) is 9.59 Å². The minimum absolute atomic E-state index is 0.0372. The van der Waals surface area contributed by atoms with Crippen molar-refractivity contribution in [3.05, 3.63) is 52.6 Å². The normalized spacial score (nSPS) is 15.3. The molecule has 3 rings (SSSR count). The average Bonchev–Trinajstić information content (AvgIpc) is 2.72. The van der Waals surface area contributed by atoms with E-state index in [4.69, 9.17) is 26.4 Å². The van der Waals surface area contributed by atoms with Crippen LogP contribution in [0.5, 0.6) is 17.2 Å². The first-order valence-corrected chi connectivity index (χ1v) is 9.50. The van der Waals surface area contributed by atoms with E-state index in [0.717, 1.165) is 11.1 Å². The first kappa shape index (κ1) is 21.3. The van der Waals surface area contributed by atoms with E-state index in [2.05, 4.69) is 5.32 Å². The van der Waals surface area contributed by atoms with Crippen molar-refractivity contribution in [3.63, 3.8) is 0 Å². The van der Waals surface area contributed by atoms with E-state index in [-0.39, 0.29) is 10.7 Å². The van der Waals surface area contributed by atoms with Crippen LogP contribution in [0.1, 0.15) is 16.7 Å². The SMILES string of the molecule is COc1cc(OC)c(OC)cc1/C=C1\C(=O)NC(=S)N(c2cc(C)ccc2C)C1=O. The molecule has 30 heavy (non-hydrogen) atoms. The molecule has 2 aromatic carbocycles. The van der Waals surface area contributed by atoms with Crippen LogP contribution in [0.25, 0.3) is 6.08 Å². The van der Waals surface area contributed by atoms with E-state index in [1.54, 1.807) is 12.1 Å². The maximum Gasteiger partial charge on any atom is 0.270 e. The van der Waals surface area contributed by atoms with Gasteiger partial charge in [0.25, 0.3) is 11.8 Å². The fourth-order valence-corrected chi connectivity index (χ4v) is 3.43. The number of carbonyl (C=O) groups is 2. The van der Waals surface area contributed by atoms with Gasteiger partial charge in [0.05, 0.1) is 27.0 Å². The zero-order valence-corrected chi connectivity index (χ0v) is 18.2. The highest BCUT2D eigenvalue weighted by Gasteiger charge is 2.35. The maximum absolute atomic E-state index is 13.3. The largest absolute Gasteiger partial charge is 0.496 e. The number of hydrogen-bond acceptors (Lipinski definition) is 6. The zero-order chi connectivity index (χ0) is 22.0. The Balaban J connectivity index is 2.12. The van der Waals surface area contributed by atoms with Gasteiger partial charge in [0.1, 0.15) is 11.3 Å². The van der Waals surface area contributed by atoms with Gasteiger partial charge in [-0.15, -0.1) is 0 Å². The molecule has 2 aromatic rings. The summed E-state index contributed by atoms with van der Waals surface area (Å²) in [7, 11) is 4.50. The second kappa shape index (κ2) is 8.54. The topological polar surface area (TPSA) is 77.1 Å². The molecule has 1 aliphatic heterocycles. The molecule has 7 nitrogen and oxygen atoms in total. The third-order valence-corrected chi connectivity index (χ3v) is 5.03. The lowest BCUT2D eigenvalue weighted by Gasteiger charge is -2.30. The highest BCUT2D eigenvalue weighted by Crippen LogP contribution is 2.36. The smallest absolute Gasteiger partial charge is 0.270 e. The number of aryl methyl sites for hydroxylation is 2. The van der Waals surface area contributed by atoms with E-state index in [1.807, 2.05) is 32.0 Å². The standard InChI is InChI=1S/C22H22N2O5S/c1-12-6-7-13(2)16(8-12)24-21(26)15(20(25)23-22(24)30)9-14-10-18(28-4)19(29-5)11-17(14)27-3/h6-11H,1-5H3,(H,23,25,30)/b15-9+. The summed E-state index contributed by atoms with van der Waals surface area (Å²) in [6, 6.07) is 8.97. The third kappa shape index (κ3) is 3.86. The minimum Gasteiger partial charge on any atom is -0.496 e. The Morgan fingerprint density at radius 2 is 1.57 bits per heavy atom. The van der Waals surface area contributed by atoms with E-state index in [1.165, 1.54) is 32.3 Å². The van der Waals surface area contributed by atoms with Crippen LogP contribution in [0, 0.1) is 13.8 Å². The Morgan fingerprint density at radius 3 is 2.20 bits per heavy atom. The summed E-state index contributed by atoms with van der Waals surface area (Å²) in [6.07, 6.45) is 1.46. The third-order valence-electron chi connectivity index (χ3n) is 4.74. The van der Waals surface area contributed by atoms with Gasteiger partial charge in [0, 0.05) is 11.6 Å². The van der Waals surface area contributed by atoms with Crippen molar-refractivity contribution in [2.45, 2.75) is 13.8 Å². The summed E-state index contributed by atoms with van der Waals surface area (Å²) in [5, 5.41) is 2.63. The van der Waals surface area contributed by atoms with Crippen molar-refractivity contribution in [3.8, 4) is 17.2 Å². The molecule has 0 unspecified atom stereocenters. The van der Waals surface area contributed by atoms with Gasteiger partial charge in [0.15, 0.2) is 16.6 Å². The number of amides is 2. The second-order valence-corrected chi connectivity index (χ2v) is 7.08. The molecular formula is C22H22N2O5S. The monoisotopic (exact) mass is 426 g/mol. The first-order valence-electron chi connectivity index (χ1n) is 9.09. The Kier molecular flexibility index (Phi) is 6.07. The lowest BCUT2D eigenvalue weighted by molar-refractivity contribution is -0.122. The van der Waals surface area contributed by atoms with Crippen LogP contribution in [0.15, 0.2) is 35.9 Å². The van der Waals surface area contributed by atoms with Gasteiger partial charge in [0.2, 0.25) is 0 Å². The summed E-state index contributed by atoms with van der Waals surface area (Å²) in [5.41, 5.74) is 2.86. The van der Waals surface area contributed by atoms with Crippen LogP contribution in [-0.4, -0.2) is 38.3 Å². The molecule has 0 aliphatic carbocycles. The van der Waals surface area contributed by atoms with Gasteiger partial charge in [-0.25, -0.2) is 0 Å². The molecule has 1 N–H and O–H groups in total. The van der Waals surface area contributed by atoms with Gasteiger partial charge in [-0.3, -0.25) is 19.8 Å². The number of nitrogens with zero attached hydrogens (tertiary/aromatic N) is 1. The molecule has 0 aromatic heterocycles. The molecule has 0 bridgehead atoms. The van der Waals surface area contributed by atoms with Crippen molar-refractivity contribution in [2.24, 2.45) is 0 Å². The van der Waals surface area contributed by atoms with Crippen molar-refractivity contribution in [1.82, 2.24) is 5.32 Å². The predicted octanol–water partition coefficient (Wildman–Crippen LogP) is 3.16. The van der Waals surface area contributed by atoms with Crippen molar-refractivity contribution in [2.75, 3.05) is 26.2 Å². The van der Waals surface area contributed by atoms with E-state index >= 15 is 0 Å². The van der Waals surface area contributed by atoms with Gasteiger partial charge >= 0.3 is 0 Å². The van der Waals surface area contributed by atoms with Crippen molar-refractivity contribution < 1.29 is 23.8 Å². The Morgan fingerprint density at radius 1 is 0.933 bits per heavy atom. The molecule has 1 saturated heterocycles. The predicted molar refractivity (Wildman–Crippen MR) is 118 cm³/mol. The number of rotatable bonds is 5. The summed E-state index contributed by atoms with van der Waals surface area (Å²) in [4.78, 5) is 27.3. The van der Waals surface area contributed by atoms with Crippen LogP contribution < -0.4 is 24.4 Å². The van der Waals surface area contributed by atoms with E-state index in [0.29, 0.717) is 28.5 Å². The molecule has 1 fully saturated rings. The Hall–Kier alpha value is -3.39. The minimum atomic E-state index is -0.580. The Labute approximate surface area is 180 Å². The molecule has 156 valence electrons. The van der Waals surface area contributed by atoms with Crippen LogP contribution in [0.2, 0.25) is 0 Å². The first-order chi connectivity index (χ1) is 14.3. The number of thiocarbonyl (C=S) groups is 1. The fraction of sp³-hybridized carbons (Fsp3) is 0.227. The lowest BCUT2D eigenvalue weighted by Crippen LogP contribution is -2.54. The summed E-state index contributed by atoms with van der Waals surface area (Å²) < 4.78 is 16.0. The van der Waals surface area contributed by atoms with Gasteiger partial charge in [-0.1, -0.05) is 12.1 Å². The molecule has 0 saturated carbocycles. The maximum atomic E-state index is 13.3. The number of methoxy groups -OCH3 is 3. The number of ether oxygens (including phenoxy) is 3. The summed E-state index contributed by atoms with van der Waals surface area (Å²) in [5.74, 6) is 0.231. The number of carbonyl (C=O) groups excluding carboxylic acids is 2. The number of benzene rings is 2. The second-order valence-electron chi connectivity index (χ2n) is 6.70. The van der Waals surface area contributed by atoms with Crippen LogP contribution in [0.4, 0.5) is 5.69 Å². The van der Waals surface area contributed by atoms with Crippen molar-refractivity contribution >= 4 is 40.9 Å². The number of hydrogen-bond donors (Lipinski definition) is 1. The van der Waals surface area contributed by atoms with Crippen LogP contribution >= 0.6 is 12.2 Å². The Bertz CT molecular complexity index is 1080. The molecule has 1 aliphatic rings. The molecule has 2 amide bonds. The molecular weight excluding hydrogens is 404 g/mol. The quantitative estimate of drug-likeness (QED) is 0.450. The van der Waals surface area contributed by atoms with Crippen LogP contribution in [0.3, 0.4) is 0 Å². The lowest BCUT2D eigenvalue weighted by atomic mass is 10.0. The fourth-order valence-electron chi connectivity index (χ4n) is 3.16. The molecule has 1 heterocycles. The molecule has 0 atom stereocenters. The number of anilines is 1.